The fourth-order valence-corrected chi connectivity index (χ4v) is 4.48. The third-order valence-electron chi connectivity index (χ3n) is 5.23. The molecule has 1 amide bonds. The second-order valence-corrected chi connectivity index (χ2v) is 8.84. The average molecular weight is 477 g/mol. The number of carbonyl (C=O) groups is 1. The summed E-state index contributed by atoms with van der Waals surface area (Å²) >= 11 is 0.999. The number of aromatic nitrogens is 5. The minimum absolute atomic E-state index is 0.0176. The van der Waals surface area contributed by atoms with Gasteiger partial charge in [0.1, 0.15) is 17.9 Å². The smallest absolute Gasteiger partial charge is 0.315 e. The van der Waals surface area contributed by atoms with Crippen LogP contribution in [0.15, 0.2) is 28.0 Å². The second kappa shape index (κ2) is 8.48. The van der Waals surface area contributed by atoms with Crippen molar-refractivity contribution < 1.29 is 13.6 Å². The minimum Gasteiger partial charge on any atom is -0.315 e. The Morgan fingerprint density at radius 2 is 1.85 bits per heavy atom. The van der Waals surface area contributed by atoms with Crippen molar-refractivity contribution in [3.05, 3.63) is 50.9 Å². The number of fused-ring (bicyclic) bond motifs is 2. The lowest BCUT2D eigenvalue weighted by Crippen LogP contribution is -2.40. The van der Waals surface area contributed by atoms with E-state index in [2.05, 4.69) is 9.97 Å². The number of amides is 1. The van der Waals surface area contributed by atoms with Crippen molar-refractivity contribution in [1.29, 1.82) is 0 Å². The molecule has 13 heteroatoms. The lowest BCUT2D eigenvalue weighted by Gasteiger charge is -2.22. The van der Waals surface area contributed by atoms with Gasteiger partial charge in [-0.1, -0.05) is 11.3 Å². The fraction of sp³-hybridized carbons (Fsp3) is 0.350. The van der Waals surface area contributed by atoms with Gasteiger partial charge in [0.25, 0.3) is 5.56 Å². The predicted octanol–water partition coefficient (Wildman–Crippen LogP) is 0.916. The number of likely N-dealkylation sites (N-methyl/N-ethyl adjacent to an activating group) is 1. The van der Waals surface area contributed by atoms with Crippen LogP contribution in [0.1, 0.15) is 0 Å². The molecule has 3 aromatic heterocycles. The molecule has 3 heterocycles. The SMILES string of the molecule is CN(C)CCN(C(=O)Cn1cnc2c1c(=O)n(C)c(=O)n2C)c1nc2c(F)cc(F)cc2s1. The van der Waals surface area contributed by atoms with Gasteiger partial charge in [0.05, 0.1) is 11.0 Å². The first-order chi connectivity index (χ1) is 15.6. The number of aryl methyl sites for hydroxylation is 1. The molecule has 174 valence electrons. The van der Waals surface area contributed by atoms with E-state index in [1.807, 2.05) is 19.0 Å². The fourth-order valence-electron chi connectivity index (χ4n) is 3.44. The molecule has 0 atom stereocenters. The summed E-state index contributed by atoms with van der Waals surface area (Å²) in [4.78, 5) is 49.7. The van der Waals surface area contributed by atoms with E-state index in [1.165, 1.54) is 40.5 Å². The molecule has 0 saturated carbocycles. The average Bonchev–Trinajstić information content (AvgIpc) is 3.35. The number of hydrogen-bond acceptors (Lipinski definition) is 7. The molecular formula is C20H21F2N7O3S. The molecular weight excluding hydrogens is 456 g/mol. The van der Waals surface area contributed by atoms with Gasteiger partial charge in [0, 0.05) is 33.3 Å². The van der Waals surface area contributed by atoms with Gasteiger partial charge in [-0.3, -0.25) is 23.6 Å². The number of nitrogens with zero attached hydrogens (tertiary/aromatic N) is 7. The molecule has 0 saturated heterocycles. The van der Waals surface area contributed by atoms with E-state index in [0.29, 0.717) is 6.54 Å². The number of benzene rings is 1. The maximum atomic E-state index is 14.2. The van der Waals surface area contributed by atoms with E-state index in [-0.39, 0.29) is 39.6 Å². The van der Waals surface area contributed by atoms with Crippen molar-refractivity contribution >= 4 is 43.8 Å². The molecule has 0 spiro atoms. The summed E-state index contributed by atoms with van der Waals surface area (Å²) in [5.74, 6) is -1.96. The van der Waals surface area contributed by atoms with Crippen molar-refractivity contribution in [2.75, 3.05) is 32.1 Å². The van der Waals surface area contributed by atoms with Gasteiger partial charge in [-0.25, -0.2) is 23.5 Å². The second-order valence-electron chi connectivity index (χ2n) is 7.83. The first kappa shape index (κ1) is 22.7. The molecule has 0 N–H and O–H groups in total. The molecule has 0 aliphatic heterocycles. The summed E-state index contributed by atoms with van der Waals surface area (Å²) in [5.41, 5.74) is -0.849. The molecule has 1 aromatic carbocycles. The number of halogens is 2. The zero-order valence-corrected chi connectivity index (χ0v) is 19.2. The molecule has 33 heavy (non-hydrogen) atoms. The quantitative estimate of drug-likeness (QED) is 0.410. The van der Waals surface area contributed by atoms with Crippen LogP contribution < -0.4 is 16.1 Å². The summed E-state index contributed by atoms with van der Waals surface area (Å²) in [6.45, 7) is 0.461. The number of thiazole rings is 1. The minimum atomic E-state index is -0.808. The standard InChI is InChI=1S/C20H21F2N7O3S/c1-25(2)5-6-29(19-24-15-12(22)7-11(21)8-13(15)33-19)14(30)9-28-10-23-17-16(28)18(31)27(4)20(32)26(17)3/h7-8,10H,5-6,9H2,1-4H3. The summed E-state index contributed by atoms with van der Waals surface area (Å²) in [6.07, 6.45) is 1.32. The van der Waals surface area contributed by atoms with Gasteiger partial charge in [-0.2, -0.15) is 0 Å². The van der Waals surface area contributed by atoms with Gasteiger partial charge in [0.15, 0.2) is 22.1 Å². The van der Waals surface area contributed by atoms with Crippen LogP contribution in [0, 0.1) is 11.6 Å². The molecule has 0 bridgehead atoms. The van der Waals surface area contributed by atoms with E-state index in [0.717, 1.165) is 22.0 Å². The Bertz CT molecular complexity index is 1500. The Morgan fingerprint density at radius 1 is 1.12 bits per heavy atom. The van der Waals surface area contributed by atoms with Gasteiger partial charge in [-0.15, -0.1) is 0 Å². The van der Waals surface area contributed by atoms with E-state index >= 15 is 0 Å². The Labute approximate surface area is 189 Å². The highest BCUT2D eigenvalue weighted by Gasteiger charge is 2.23. The molecule has 4 aromatic rings. The molecule has 0 aliphatic rings. The highest BCUT2D eigenvalue weighted by Crippen LogP contribution is 2.31. The number of hydrogen-bond donors (Lipinski definition) is 0. The van der Waals surface area contributed by atoms with Crippen LogP contribution in [0.3, 0.4) is 0 Å². The lowest BCUT2D eigenvalue weighted by atomic mass is 10.3. The first-order valence-corrected chi connectivity index (χ1v) is 10.7. The summed E-state index contributed by atoms with van der Waals surface area (Å²) in [5, 5.41) is 0.214. The molecule has 0 unspecified atom stereocenters. The number of anilines is 1. The van der Waals surface area contributed by atoms with Crippen molar-refractivity contribution in [3.8, 4) is 0 Å². The summed E-state index contributed by atoms with van der Waals surface area (Å²) < 4.78 is 31.6. The number of carbonyl (C=O) groups excluding carboxylic acids is 1. The van der Waals surface area contributed by atoms with Crippen molar-refractivity contribution in [2.24, 2.45) is 14.1 Å². The van der Waals surface area contributed by atoms with Crippen molar-refractivity contribution in [1.82, 2.24) is 28.6 Å². The molecule has 10 nitrogen and oxygen atoms in total. The third-order valence-corrected chi connectivity index (χ3v) is 6.25. The van der Waals surface area contributed by atoms with Gasteiger partial charge in [0.2, 0.25) is 5.91 Å². The zero-order valence-electron chi connectivity index (χ0n) is 18.4. The van der Waals surface area contributed by atoms with Crippen LogP contribution >= 0.6 is 11.3 Å². The summed E-state index contributed by atoms with van der Waals surface area (Å²) in [7, 11) is 6.51. The van der Waals surface area contributed by atoms with Crippen LogP contribution in [0.4, 0.5) is 13.9 Å². The third kappa shape index (κ3) is 4.04. The number of imidazole rings is 1. The number of rotatable bonds is 6. The van der Waals surface area contributed by atoms with Crippen LogP contribution in [-0.4, -0.2) is 61.7 Å². The van der Waals surface area contributed by atoms with Crippen LogP contribution in [0.2, 0.25) is 0 Å². The van der Waals surface area contributed by atoms with Crippen LogP contribution in [-0.2, 0) is 25.4 Å². The van der Waals surface area contributed by atoms with Crippen molar-refractivity contribution in [2.45, 2.75) is 6.54 Å². The highest BCUT2D eigenvalue weighted by molar-refractivity contribution is 7.22. The van der Waals surface area contributed by atoms with Crippen LogP contribution in [0.25, 0.3) is 21.4 Å². The van der Waals surface area contributed by atoms with Gasteiger partial charge >= 0.3 is 5.69 Å². The van der Waals surface area contributed by atoms with Gasteiger partial charge < -0.3 is 9.47 Å². The Kier molecular flexibility index (Phi) is 5.84. The molecule has 4 rings (SSSR count). The highest BCUT2D eigenvalue weighted by atomic mass is 32.1. The topological polar surface area (TPSA) is 98.3 Å². The zero-order chi connectivity index (χ0) is 24.0. The van der Waals surface area contributed by atoms with E-state index < -0.39 is 28.8 Å². The predicted molar refractivity (Wildman–Crippen MR) is 121 cm³/mol. The Morgan fingerprint density at radius 3 is 2.55 bits per heavy atom. The lowest BCUT2D eigenvalue weighted by molar-refractivity contribution is -0.119. The molecule has 0 fully saturated rings. The van der Waals surface area contributed by atoms with Gasteiger partial charge in [-0.05, 0) is 20.2 Å². The van der Waals surface area contributed by atoms with Crippen LogP contribution in [0.5, 0.6) is 0 Å². The monoisotopic (exact) mass is 477 g/mol. The Balaban J connectivity index is 1.75. The normalized spacial score (nSPS) is 11.7. The first-order valence-electron chi connectivity index (χ1n) is 9.90. The van der Waals surface area contributed by atoms with E-state index in [4.69, 9.17) is 0 Å². The largest absolute Gasteiger partial charge is 0.332 e. The summed E-state index contributed by atoms with van der Waals surface area (Å²) in [6, 6.07) is 1.91. The van der Waals surface area contributed by atoms with E-state index in [1.54, 1.807) is 0 Å². The Hall–Kier alpha value is -3.45. The molecule has 0 radical (unpaired) electrons. The molecule has 0 aliphatic carbocycles. The van der Waals surface area contributed by atoms with E-state index in [9.17, 15) is 23.2 Å². The maximum Gasteiger partial charge on any atom is 0.332 e. The maximum absolute atomic E-state index is 14.2. The van der Waals surface area contributed by atoms with Crippen molar-refractivity contribution in [3.63, 3.8) is 0 Å².